The number of halogens is 1. The van der Waals surface area contributed by atoms with Crippen LogP contribution in [0.2, 0.25) is 5.02 Å². The van der Waals surface area contributed by atoms with E-state index in [1.54, 1.807) is 34.8 Å². The third-order valence-electron chi connectivity index (χ3n) is 7.25. The number of benzene rings is 1. The standard InChI is InChI=1S/C18H17ClN4OS.C11H13N3S.2CH4/c1-11-8-15-14(17(22-21-15)16-6-3-7-25-16)10-23(11)18(24)20-13-5-2-4-12(19)9-13;1-7-5-9-8(6-12-7)11(14-13-9)10-3-2-4-15-10;;/h2-7,9,11H,8,10H2,1H3,(H,20,24)(H,21,22);2-4,7,12H,5-6H2,1H3,(H,13,14);2*1H4/t11-;7-;;/m00../s1. The quantitative estimate of drug-likeness (QED) is 0.163. The van der Waals surface area contributed by atoms with Gasteiger partial charge in [-0.3, -0.25) is 10.2 Å². The average molecular weight is 624 g/mol. The number of carbonyl (C=O) groups excluding carboxylic acids is 1. The van der Waals surface area contributed by atoms with Gasteiger partial charge < -0.3 is 15.5 Å². The fourth-order valence-corrected chi connectivity index (χ4v) is 6.83. The number of hydrogen-bond acceptors (Lipinski definition) is 6. The van der Waals surface area contributed by atoms with Gasteiger partial charge in [0.2, 0.25) is 0 Å². The lowest BCUT2D eigenvalue weighted by molar-refractivity contribution is 0.182. The molecule has 0 bridgehead atoms. The highest BCUT2D eigenvalue weighted by molar-refractivity contribution is 7.13. The Labute approximate surface area is 260 Å². The zero-order valence-electron chi connectivity index (χ0n) is 22.2. The molecule has 4 aromatic heterocycles. The fourth-order valence-electron chi connectivity index (χ4n) is 5.16. The highest BCUT2D eigenvalue weighted by Crippen LogP contribution is 2.33. The summed E-state index contributed by atoms with van der Waals surface area (Å²) in [6.07, 6.45) is 1.81. The number of thiophene rings is 2. The summed E-state index contributed by atoms with van der Waals surface area (Å²) in [5.41, 5.74) is 7.61. The van der Waals surface area contributed by atoms with E-state index in [0.717, 1.165) is 46.9 Å². The number of H-pyrrole nitrogens is 2. The summed E-state index contributed by atoms with van der Waals surface area (Å²) in [5, 5.41) is 26.3. The van der Waals surface area contributed by atoms with E-state index >= 15 is 0 Å². The van der Waals surface area contributed by atoms with Crippen molar-refractivity contribution in [1.29, 1.82) is 0 Å². The second-order valence-corrected chi connectivity index (χ2v) is 12.5. The summed E-state index contributed by atoms with van der Waals surface area (Å²) in [6, 6.07) is 15.9. The molecule has 0 unspecified atom stereocenters. The van der Waals surface area contributed by atoms with Crippen molar-refractivity contribution in [2.24, 2.45) is 0 Å². The molecule has 11 heteroatoms. The minimum atomic E-state index is -0.126. The van der Waals surface area contributed by atoms with Crippen LogP contribution in [0.4, 0.5) is 10.5 Å². The van der Waals surface area contributed by atoms with Crippen LogP contribution in [-0.4, -0.2) is 43.4 Å². The molecule has 0 spiro atoms. The summed E-state index contributed by atoms with van der Waals surface area (Å²) in [7, 11) is 0. The Morgan fingerprint density at radius 1 is 0.929 bits per heavy atom. The molecular weight excluding hydrogens is 586 g/mol. The molecule has 2 amide bonds. The summed E-state index contributed by atoms with van der Waals surface area (Å²) in [4.78, 5) is 17.0. The minimum absolute atomic E-state index is 0. The van der Waals surface area contributed by atoms with Crippen molar-refractivity contribution in [3.05, 3.63) is 86.8 Å². The van der Waals surface area contributed by atoms with Crippen molar-refractivity contribution in [2.45, 2.75) is 66.7 Å². The van der Waals surface area contributed by atoms with Gasteiger partial charge >= 0.3 is 6.03 Å². The molecule has 4 N–H and O–H groups in total. The van der Waals surface area contributed by atoms with E-state index in [-0.39, 0.29) is 26.9 Å². The number of nitrogens with zero attached hydrogens (tertiary/aromatic N) is 3. The third kappa shape index (κ3) is 6.62. The maximum Gasteiger partial charge on any atom is 0.322 e. The molecule has 1 aromatic carbocycles. The van der Waals surface area contributed by atoms with Gasteiger partial charge in [-0.15, -0.1) is 22.7 Å². The summed E-state index contributed by atoms with van der Waals surface area (Å²) in [6.45, 7) is 5.72. The van der Waals surface area contributed by atoms with Gasteiger partial charge in [0.15, 0.2) is 0 Å². The Kier molecular flexibility index (Phi) is 10.3. The van der Waals surface area contributed by atoms with E-state index < -0.39 is 0 Å². The number of urea groups is 1. The zero-order chi connectivity index (χ0) is 27.6. The molecule has 2 aliphatic heterocycles. The van der Waals surface area contributed by atoms with Crippen molar-refractivity contribution in [2.75, 3.05) is 5.32 Å². The first-order chi connectivity index (χ1) is 19.5. The molecular formula is C31H38ClN7OS2. The smallest absolute Gasteiger partial charge is 0.317 e. The molecule has 5 aromatic rings. The normalized spacial score (nSPS) is 17.1. The molecule has 8 nitrogen and oxygen atoms in total. The van der Waals surface area contributed by atoms with Gasteiger partial charge in [0.1, 0.15) is 11.4 Å². The monoisotopic (exact) mass is 623 g/mol. The molecule has 0 aliphatic carbocycles. The first kappa shape index (κ1) is 31.5. The maximum absolute atomic E-state index is 12.8. The summed E-state index contributed by atoms with van der Waals surface area (Å²) >= 11 is 9.39. The van der Waals surface area contributed by atoms with Gasteiger partial charge in [-0.1, -0.05) is 44.7 Å². The number of rotatable bonds is 3. The van der Waals surface area contributed by atoms with Crippen LogP contribution in [0, 0.1) is 0 Å². The average Bonchev–Trinajstić information content (AvgIpc) is 3.75. The van der Waals surface area contributed by atoms with Crippen LogP contribution < -0.4 is 10.6 Å². The number of anilines is 1. The number of carbonyl (C=O) groups is 1. The van der Waals surface area contributed by atoms with Crippen molar-refractivity contribution < 1.29 is 4.79 Å². The Balaban J connectivity index is 0.000000205. The van der Waals surface area contributed by atoms with Gasteiger partial charge in [0, 0.05) is 64.7 Å². The van der Waals surface area contributed by atoms with Gasteiger partial charge in [0.25, 0.3) is 0 Å². The van der Waals surface area contributed by atoms with Crippen molar-refractivity contribution in [3.8, 4) is 21.1 Å². The molecule has 222 valence electrons. The molecule has 0 radical (unpaired) electrons. The molecule has 0 saturated carbocycles. The van der Waals surface area contributed by atoms with Crippen LogP contribution in [-0.2, 0) is 25.9 Å². The van der Waals surface area contributed by atoms with Crippen LogP contribution in [0.25, 0.3) is 21.1 Å². The number of fused-ring (bicyclic) bond motifs is 2. The van der Waals surface area contributed by atoms with E-state index in [1.165, 1.54) is 16.1 Å². The predicted molar refractivity (Wildman–Crippen MR) is 176 cm³/mol. The molecule has 2 aliphatic rings. The molecule has 7 rings (SSSR count). The van der Waals surface area contributed by atoms with E-state index in [2.05, 4.69) is 61.5 Å². The van der Waals surface area contributed by atoms with Crippen molar-refractivity contribution >= 4 is 46.0 Å². The second-order valence-electron chi connectivity index (χ2n) is 10.1. The molecule has 0 fully saturated rings. The lowest BCUT2D eigenvalue weighted by Crippen LogP contribution is -2.44. The largest absolute Gasteiger partial charge is 0.322 e. The van der Waals surface area contributed by atoms with Crippen LogP contribution in [0.1, 0.15) is 51.2 Å². The Bertz CT molecular complexity index is 1590. The lowest BCUT2D eigenvalue weighted by Gasteiger charge is -2.33. The summed E-state index contributed by atoms with van der Waals surface area (Å²) < 4.78 is 0. The van der Waals surface area contributed by atoms with Crippen LogP contribution in [0.3, 0.4) is 0 Å². The van der Waals surface area contributed by atoms with E-state index in [0.29, 0.717) is 23.3 Å². The van der Waals surface area contributed by atoms with E-state index in [4.69, 9.17) is 11.6 Å². The topological polar surface area (TPSA) is 102 Å². The minimum Gasteiger partial charge on any atom is -0.317 e. The summed E-state index contributed by atoms with van der Waals surface area (Å²) in [5.74, 6) is 0. The van der Waals surface area contributed by atoms with Crippen molar-refractivity contribution in [1.82, 2.24) is 30.6 Å². The molecule has 42 heavy (non-hydrogen) atoms. The van der Waals surface area contributed by atoms with Gasteiger partial charge in [-0.2, -0.15) is 10.2 Å². The van der Waals surface area contributed by atoms with Crippen LogP contribution in [0.15, 0.2) is 59.3 Å². The zero-order valence-corrected chi connectivity index (χ0v) is 24.6. The highest BCUT2D eigenvalue weighted by atomic mass is 35.5. The number of nitrogens with one attached hydrogen (secondary N) is 4. The SMILES string of the molecule is C.C.C[C@H]1Cc2[nH]nc(-c3cccs3)c2CN1.C[C@H]1Cc2[nH]nc(-c3cccs3)c2CN1C(=O)Nc1cccc(Cl)c1. The Morgan fingerprint density at radius 2 is 1.57 bits per heavy atom. The van der Waals surface area contributed by atoms with Gasteiger partial charge in [0.05, 0.1) is 16.3 Å². The first-order valence-electron chi connectivity index (χ1n) is 13.2. The predicted octanol–water partition coefficient (Wildman–Crippen LogP) is 8.21. The molecule has 0 saturated heterocycles. The maximum atomic E-state index is 12.8. The lowest BCUT2D eigenvalue weighted by atomic mass is 9.99. The first-order valence-corrected chi connectivity index (χ1v) is 15.4. The van der Waals surface area contributed by atoms with Gasteiger partial charge in [-0.25, -0.2) is 4.79 Å². The number of aromatic nitrogens is 4. The number of hydrogen-bond donors (Lipinski definition) is 4. The number of aromatic amines is 2. The van der Waals surface area contributed by atoms with Crippen LogP contribution in [0.5, 0.6) is 0 Å². The van der Waals surface area contributed by atoms with Crippen molar-refractivity contribution in [3.63, 3.8) is 0 Å². The van der Waals surface area contributed by atoms with E-state index in [1.807, 2.05) is 35.4 Å². The van der Waals surface area contributed by atoms with E-state index in [9.17, 15) is 4.79 Å². The second kappa shape index (κ2) is 13.7. The van der Waals surface area contributed by atoms with Crippen LogP contribution >= 0.6 is 34.3 Å². The number of amides is 2. The Morgan fingerprint density at radius 3 is 2.19 bits per heavy atom. The van der Waals surface area contributed by atoms with Gasteiger partial charge in [-0.05, 0) is 54.9 Å². The Hall–Kier alpha value is -3.44. The fraction of sp³-hybridized carbons (Fsp3) is 0.323. The molecule has 2 atom stereocenters. The highest BCUT2D eigenvalue weighted by Gasteiger charge is 2.31. The molecule has 6 heterocycles. The third-order valence-corrected chi connectivity index (χ3v) is 9.24.